The van der Waals surface area contributed by atoms with Crippen molar-refractivity contribution in [3.8, 4) is 0 Å². The van der Waals surface area contributed by atoms with Crippen LogP contribution in [0.1, 0.15) is 17.5 Å². The molecule has 7 nitrogen and oxygen atoms in total. The number of carbonyl (C=O) groups is 3. The Balaban J connectivity index is 1.69. The highest BCUT2D eigenvalue weighted by Crippen LogP contribution is 2.32. The Hall–Kier alpha value is -3.14. The van der Waals surface area contributed by atoms with E-state index in [4.69, 9.17) is 16.3 Å². The molecule has 0 radical (unpaired) electrons. The van der Waals surface area contributed by atoms with Crippen LogP contribution in [-0.4, -0.2) is 35.9 Å². The van der Waals surface area contributed by atoms with Crippen LogP contribution in [0, 0.1) is 0 Å². The van der Waals surface area contributed by atoms with Gasteiger partial charge in [-0.25, -0.2) is 4.98 Å². The Morgan fingerprint density at radius 2 is 1.80 bits per heavy atom. The molecule has 0 unspecified atom stereocenters. The quantitative estimate of drug-likeness (QED) is 0.611. The molecule has 160 valence electrons. The fourth-order valence-electron chi connectivity index (χ4n) is 2.22. The average Bonchev–Trinajstić information content (AvgIpc) is 2.68. The van der Waals surface area contributed by atoms with Crippen molar-refractivity contribution < 1.29 is 32.3 Å². The minimum atomic E-state index is -4.62. The van der Waals surface area contributed by atoms with Crippen molar-refractivity contribution in [1.82, 2.24) is 10.3 Å². The summed E-state index contributed by atoms with van der Waals surface area (Å²) in [6, 6.07) is 9.65. The molecule has 2 rings (SSSR count). The zero-order chi connectivity index (χ0) is 22.1. The van der Waals surface area contributed by atoms with Gasteiger partial charge < -0.3 is 15.4 Å². The van der Waals surface area contributed by atoms with Gasteiger partial charge in [-0.1, -0.05) is 41.9 Å². The lowest BCUT2D eigenvalue weighted by atomic mass is 10.1. The second-order valence-electron chi connectivity index (χ2n) is 6.02. The minimum absolute atomic E-state index is 0.0262. The number of halogens is 4. The molecule has 30 heavy (non-hydrogen) atoms. The number of nitrogens with zero attached hydrogens (tertiary/aromatic N) is 1. The molecule has 0 saturated heterocycles. The fourth-order valence-corrected chi connectivity index (χ4v) is 2.43. The van der Waals surface area contributed by atoms with Gasteiger partial charge in [0.1, 0.15) is 0 Å². The Labute approximate surface area is 174 Å². The summed E-state index contributed by atoms with van der Waals surface area (Å²) in [5, 5.41) is 4.29. The maximum atomic E-state index is 12.6. The van der Waals surface area contributed by atoms with E-state index in [9.17, 15) is 27.6 Å². The van der Waals surface area contributed by atoms with Crippen LogP contribution in [0.2, 0.25) is 5.02 Å². The third kappa shape index (κ3) is 7.70. The van der Waals surface area contributed by atoms with Crippen molar-refractivity contribution in [2.24, 2.45) is 0 Å². The van der Waals surface area contributed by atoms with Crippen LogP contribution in [0.15, 0.2) is 42.6 Å². The predicted molar refractivity (Wildman–Crippen MR) is 102 cm³/mol. The van der Waals surface area contributed by atoms with Crippen LogP contribution >= 0.6 is 11.6 Å². The van der Waals surface area contributed by atoms with E-state index in [-0.39, 0.29) is 31.1 Å². The van der Waals surface area contributed by atoms with Crippen molar-refractivity contribution in [1.29, 1.82) is 0 Å². The molecule has 1 heterocycles. The summed E-state index contributed by atoms with van der Waals surface area (Å²) < 4.78 is 42.4. The molecule has 0 saturated carbocycles. The highest BCUT2D eigenvalue weighted by atomic mass is 35.5. The van der Waals surface area contributed by atoms with Crippen LogP contribution < -0.4 is 10.6 Å². The molecule has 0 atom stereocenters. The summed E-state index contributed by atoms with van der Waals surface area (Å²) in [5.74, 6) is -2.13. The second kappa shape index (κ2) is 10.6. The molecule has 1 aromatic heterocycles. The van der Waals surface area contributed by atoms with E-state index in [0.717, 1.165) is 5.56 Å². The van der Waals surface area contributed by atoms with Crippen LogP contribution in [-0.2, 0) is 31.7 Å². The summed E-state index contributed by atoms with van der Waals surface area (Å²) in [5.41, 5.74) is -0.240. The van der Waals surface area contributed by atoms with Gasteiger partial charge >= 0.3 is 12.1 Å². The number of hydrogen-bond donors (Lipinski definition) is 2. The summed E-state index contributed by atoms with van der Waals surface area (Å²) in [6.45, 7) is -0.658. The Kier molecular flexibility index (Phi) is 8.16. The summed E-state index contributed by atoms with van der Waals surface area (Å²) in [4.78, 5) is 38.6. The number of ether oxygens (including phenoxy) is 1. The van der Waals surface area contributed by atoms with Crippen molar-refractivity contribution >= 4 is 35.2 Å². The van der Waals surface area contributed by atoms with Gasteiger partial charge in [0.15, 0.2) is 12.4 Å². The van der Waals surface area contributed by atoms with E-state index in [1.165, 1.54) is 0 Å². The Morgan fingerprint density at radius 1 is 1.10 bits per heavy atom. The first kappa shape index (κ1) is 23.1. The number of esters is 1. The van der Waals surface area contributed by atoms with Crippen molar-refractivity contribution in [2.75, 3.05) is 18.5 Å². The summed E-state index contributed by atoms with van der Waals surface area (Å²) in [6.07, 6.45) is -4.09. The standard InChI is InChI=1S/C19H17ClF3N3O4/c20-14-9-13(19(21,22)23)10-25-18(14)26-16(28)11-30-17(29)6-7-24-15(27)8-12-4-2-1-3-5-12/h1-5,9-10H,6-8,11H2,(H,24,27)(H,25,26,28). The molecule has 2 N–H and O–H groups in total. The van der Waals surface area contributed by atoms with Gasteiger partial charge in [0.05, 0.1) is 23.4 Å². The first-order chi connectivity index (χ1) is 14.1. The molecule has 1 aromatic carbocycles. The number of alkyl halides is 3. The molecular formula is C19H17ClF3N3O4. The van der Waals surface area contributed by atoms with E-state index in [2.05, 4.69) is 15.6 Å². The van der Waals surface area contributed by atoms with Crippen LogP contribution in [0.3, 0.4) is 0 Å². The molecule has 11 heteroatoms. The monoisotopic (exact) mass is 443 g/mol. The fraction of sp³-hybridized carbons (Fsp3) is 0.263. The van der Waals surface area contributed by atoms with Gasteiger partial charge in [0.2, 0.25) is 5.91 Å². The Bertz CT molecular complexity index is 908. The molecular weight excluding hydrogens is 427 g/mol. The highest BCUT2D eigenvalue weighted by molar-refractivity contribution is 6.33. The van der Waals surface area contributed by atoms with Gasteiger partial charge in [-0.2, -0.15) is 13.2 Å². The molecule has 0 bridgehead atoms. The largest absolute Gasteiger partial charge is 0.456 e. The van der Waals surface area contributed by atoms with Gasteiger partial charge in [-0.15, -0.1) is 0 Å². The summed E-state index contributed by atoms with van der Waals surface area (Å²) in [7, 11) is 0. The minimum Gasteiger partial charge on any atom is -0.456 e. The summed E-state index contributed by atoms with van der Waals surface area (Å²) >= 11 is 5.67. The van der Waals surface area contributed by atoms with E-state index in [1.807, 2.05) is 6.07 Å². The topological polar surface area (TPSA) is 97.4 Å². The first-order valence-corrected chi connectivity index (χ1v) is 9.02. The number of pyridine rings is 1. The van der Waals surface area contributed by atoms with Crippen LogP contribution in [0.5, 0.6) is 0 Å². The molecule has 0 fully saturated rings. The molecule has 0 aliphatic rings. The Morgan fingerprint density at radius 3 is 2.43 bits per heavy atom. The van der Waals surface area contributed by atoms with E-state index in [1.54, 1.807) is 24.3 Å². The number of rotatable bonds is 8. The SMILES string of the molecule is O=C(Cc1ccccc1)NCCC(=O)OCC(=O)Nc1ncc(C(F)(F)F)cc1Cl. The van der Waals surface area contributed by atoms with Gasteiger partial charge in [-0.05, 0) is 11.6 Å². The van der Waals surface area contributed by atoms with Crippen molar-refractivity contribution in [3.05, 3.63) is 58.7 Å². The van der Waals surface area contributed by atoms with Crippen molar-refractivity contribution in [2.45, 2.75) is 19.0 Å². The first-order valence-electron chi connectivity index (χ1n) is 8.64. The molecule has 2 amide bonds. The number of nitrogens with one attached hydrogen (secondary N) is 2. The smallest absolute Gasteiger partial charge is 0.417 e. The number of carbonyl (C=O) groups excluding carboxylic acids is 3. The normalized spacial score (nSPS) is 10.9. The van der Waals surface area contributed by atoms with Gasteiger partial charge in [0.25, 0.3) is 5.91 Å². The molecule has 0 spiro atoms. The number of anilines is 1. The second-order valence-corrected chi connectivity index (χ2v) is 6.43. The third-order valence-electron chi connectivity index (χ3n) is 3.65. The molecule has 2 aromatic rings. The van der Waals surface area contributed by atoms with Crippen LogP contribution in [0.4, 0.5) is 19.0 Å². The number of hydrogen-bond acceptors (Lipinski definition) is 5. The molecule has 0 aliphatic carbocycles. The lowest BCUT2D eigenvalue weighted by molar-refractivity contribution is -0.147. The zero-order valence-corrected chi connectivity index (χ0v) is 16.2. The zero-order valence-electron chi connectivity index (χ0n) is 15.5. The van der Waals surface area contributed by atoms with Crippen molar-refractivity contribution in [3.63, 3.8) is 0 Å². The maximum absolute atomic E-state index is 12.6. The van der Waals surface area contributed by atoms with E-state index in [0.29, 0.717) is 12.3 Å². The molecule has 0 aliphatic heterocycles. The number of benzene rings is 1. The lowest BCUT2D eigenvalue weighted by Gasteiger charge is -2.10. The maximum Gasteiger partial charge on any atom is 0.417 e. The third-order valence-corrected chi connectivity index (χ3v) is 3.94. The van der Waals surface area contributed by atoms with E-state index < -0.39 is 35.2 Å². The number of aromatic nitrogens is 1. The number of amides is 2. The predicted octanol–water partition coefficient (Wildman–Crippen LogP) is 2.98. The highest BCUT2D eigenvalue weighted by Gasteiger charge is 2.31. The van der Waals surface area contributed by atoms with E-state index >= 15 is 0 Å². The average molecular weight is 444 g/mol. The van der Waals surface area contributed by atoms with Gasteiger partial charge in [0, 0.05) is 12.7 Å². The van der Waals surface area contributed by atoms with Gasteiger partial charge in [-0.3, -0.25) is 14.4 Å². The lowest BCUT2D eigenvalue weighted by Crippen LogP contribution is -2.29. The van der Waals surface area contributed by atoms with Crippen LogP contribution in [0.25, 0.3) is 0 Å².